The molecule has 2 saturated carbocycles. The summed E-state index contributed by atoms with van der Waals surface area (Å²) in [6.07, 6.45) is 12.9. The Morgan fingerprint density at radius 2 is 1.81 bits per heavy atom. The predicted octanol–water partition coefficient (Wildman–Crippen LogP) is 4.42. The van der Waals surface area contributed by atoms with E-state index in [1.807, 2.05) is 0 Å². The van der Waals surface area contributed by atoms with Crippen LogP contribution in [0.25, 0.3) is 0 Å². The number of benzene rings is 1. The van der Waals surface area contributed by atoms with Crippen molar-refractivity contribution < 1.29 is 4.79 Å². The molecular formula is C24H36N2O. The Labute approximate surface area is 164 Å². The number of amides is 1. The highest BCUT2D eigenvalue weighted by Gasteiger charge is 2.58. The topological polar surface area (TPSA) is 32.3 Å². The molecule has 27 heavy (non-hydrogen) atoms. The smallest absolute Gasteiger partial charge is 0.223 e. The Morgan fingerprint density at radius 3 is 2.56 bits per heavy atom. The number of likely N-dealkylation sites (tertiary alicyclic amines) is 1. The average molecular weight is 369 g/mol. The van der Waals surface area contributed by atoms with E-state index in [4.69, 9.17) is 0 Å². The molecule has 1 aromatic carbocycles. The fraction of sp³-hybridized carbons (Fsp3) is 0.708. The summed E-state index contributed by atoms with van der Waals surface area (Å²) in [5, 5.41) is 3.21. The van der Waals surface area contributed by atoms with Crippen molar-refractivity contribution in [3.05, 3.63) is 35.9 Å². The maximum atomic E-state index is 12.6. The molecule has 3 heteroatoms. The second kappa shape index (κ2) is 8.77. The second-order valence-corrected chi connectivity index (χ2v) is 9.30. The number of carbonyl (C=O) groups is 1. The summed E-state index contributed by atoms with van der Waals surface area (Å²) in [7, 11) is 0. The normalized spacial score (nSPS) is 25.4. The highest BCUT2D eigenvalue weighted by Crippen LogP contribution is 2.59. The van der Waals surface area contributed by atoms with Crippen LogP contribution < -0.4 is 5.32 Å². The molecule has 0 radical (unpaired) electrons. The number of rotatable bonds is 7. The Morgan fingerprint density at radius 1 is 1.07 bits per heavy atom. The minimum absolute atomic E-state index is 0.297. The molecule has 1 atom stereocenters. The van der Waals surface area contributed by atoms with Crippen molar-refractivity contribution in [3.63, 3.8) is 0 Å². The van der Waals surface area contributed by atoms with E-state index in [-0.39, 0.29) is 0 Å². The van der Waals surface area contributed by atoms with Crippen molar-refractivity contribution in [2.45, 2.75) is 64.2 Å². The first kappa shape index (κ1) is 19.0. The number of hydrogen-bond acceptors (Lipinski definition) is 2. The summed E-state index contributed by atoms with van der Waals surface area (Å²) in [5.41, 5.74) is 1.71. The molecule has 3 fully saturated rings. The predicted molar refractivity (Wildman–Crippen MR) is 111 cm³/mol. The van der Waals surface area contributed by atoms with Crippen molar-refractivity contribution in [2.75, 3.05) is 26.2 Å². The van der Waals surface area contributed by atoms with Crippen molar-refractivity contribution in [3.8, 4) is 0 Å². The third-order valence-electron chi connectivity index (χ3n) is 7.38. The molecule has 3 nitrogen and oxygen atoms in total. The van der Waals surface area contributed by atoms with E-state index in [1.54, 1.807) is 0 Å². The molecule has 1 saturated heterocycles. The number of carbonyl (C=O) groups excluding carboxylic acids is 1. The zero-order valence-corrected chi connectivity index (χ0v) is 16.8. The van der Waals surface area contributed by atoms with Gasteiger partial charge in [-0.1, -0.05) is 49.6 Å². The number of hydrogen-bond donors (Lipinski definition) is 1. The van der Waals surface area contributed by atoms with Crippen LogP contribution in [0.15, 0.2) is 30.3 Å². The number of nitrogens with one attached hydrogen (secondary N) is 1. The van der Waals surface area contributed by atoms with Crippen LogP contribution in [0.2, 0.25) is 0 Å². The van der Waals surface area contributed by atoms with Crippen molar-refractivity contribution in [1.29, 1.82) is 0 Å². The first-order valence-corrected chi connectivity index (χ1v) is 11.3. The van der Waals surface area contributed by atoms with E-state index >= 15 is 0 Å². The quantitative estimate of drug-likeness (QED) is 0.723. The van der Waals surface area contributed by atoms with Crippen LogP contribution in [0.3, 0.4) is 0 Å². The molecule has 1 spiro atoms. The first-order chi connectivity index (χ1) is 13.3. The molecule has 2 aliphatic carbocycles. The largest absolute Gasteiger partial charge is 0.356 e. The van der Waals surface area contributed by atoms with Crippen molar-refractivity contribution >= 4 is 5.91 Å². The third kappa shape index (κ3) is 4.93. The highest BCUT2D eigenvalue weighted by atomic mass is 16.2. The lowest BCUT2D eigenvalue weighted by Gasteiger charge is -2.36. The molecule has 0 aromatic heterocycles. The molecule has 1 aromatic rings. The van der Waals surface area contributed by atoms with Gasteiger partial charge in [0.1, 0.15) is 0 Å². The lowest BCUT2D eigenvalue weighted by molar-refractivity contribution is -0.123. The van der Waals surface area contributed by atoms with Gasteiger partial charge in [-0.2, -0.15) is 0 Å². The summed E-state index contributed by atoms with van der Waals surface area (Å²) >= 11 is 0. The zero-order chi connectivity index (χ0) is 18.5. The van der Waals surface area contributed by atoms with E-state index in [9.17, 15) is 4.79 Å². The van der Waals surface area contributed by atoms with Crippen LogP contribution in [0.5, 0.6) is 0 Å². The highest BCUT2D eigenvalue weighted by molar-refractivity contribution is 5.82. The van der Waals surface area contributed by atoms with Gasteiger partial charge in [0.15, 0.2) is 0 Å². The molecule has 1 aliphatic heterocycles. The standard InChI is InChI=1S/C24H36N2O/c27-23(25-15-7-12-20-8-3-1-4-9-20)22-18-24(22)13-16-26(17-14-24)19-21-10-5-2-6-11-21/h1,3-4,8-9,21-22H,2,5-7,10-19H2,(H,25,27). The van der Waals surface area contributed by atoms with Gasteiger partial charge < -0.3 is 10.2 Å². The van der Waals surface area contributed by atoms with Gasteiger partial charge in [0.25, 0.3) is 0 Å². The summed E-state index contributed by atoms with van der Waals surface area (Å²) in [6, 6.07) is 10.6. The summed E-state index contributed by atoms with van der Waals surface area (Å²) in [4.78, 5) is 15.3. The maximum Gasteiger partial charge on any atom is 0.223 e. The minimum atomic E-state index is 0.297. The van der Waals surface area contributed by atoms with Crippen LogP contribution >= 0.6 is 0 Å². The van der Waals surface area contributed by atoms with Crippen molar-refractivity contribution in [2.24, 2.45) is 17.3 Å². The van der Waals surface area contributed by atoms with Crippen molar-refractivity contribution in [1.82, 2.24) is 10.2 Å². The summed E-state index contributed by atoms with van der Waals surface area (Å²) < 4.78 is 0. The van der Waals surface area contributed by atoms with Gasteiger partial charge in [0.05, 0.1) is 0 Å². The van der Waals surface area contributed by atoms with Crippen LogP contribution in [-0.4, -0.2) is 37.0 Å². The van der Waals surface area contributed by atoms with Crippen LogP contribution in [0.1, 0.15) is 63.4 Å². The monoisotopic (exact) mass is 368 g/mol. The van der Waals surface area contributed by atoms with E-state index in [2.05, 4.69) is 40.5 Å². The molecule has 1 heterocycles. The Kier molecular flexibility index (Phi) is 6.17. The second-order valence-electron chi connectivity index (χ2n) is 9.30. The van der Waals surface area contributed by atoms with Gasteiger partial charge in [-0.15, -0.1) is 0 Å². The average Bonchev–Trinajstić information content (AvgIpc) is 3.42. The van der Waals surface area contributed by atoms with Crippen LogP contribution in [0.4, 0.5) is 0 Å². The SMILES string of the molecule is O=C(NCCCc1ccccc1)C1CC12CCN(CC1CCCCC1)CC2. The van der Waals surface area contributed by atoms with E-state index in [1.165, 1.54) is 70.1 Å². The Bertz CT molecular complexity index is 600. The molecular weight excluding hydrogens is 332 g/mol. The lowest BCUT2D eigenvalue weighted by atomic mass is 9.86. The number of nitrogens with zero attached hydrogens (tertiary/aromatic N) is 1. The van der Waals surface area contributed by atoms with Gasteiger partial charge in [0, 0.05) is 19.0 Å². The van der Waals surface area contributed by atoms with E-state index in [0.717, 1.165) is 31.7 Å². The van der Waals surface area contributed by atoms with Gasteiger partial charge in [-0.05, 0) is 74.9 Å². The fourth-order valence-electron chi connectivity index (χ4n) is 5.46. The fourth-order valence-corrected chi connectivity index (χ4v) is 5.46. The molecule has 1 amide bonds. The molecule has 3 aliphatic rings. The molecule has 1 N–H and O–H groups in total. The zero-order valence-electron chi connectivity index (χ0n) is 16.8. The van der Waals surface area contributed by atoms with Gasteiger partial charge >= 0.3 is 0 Å². The van der Waals surface area contributed by atoms with Gasteiger partial charge in [0.2, 0.25) is 5.91 Å². The maximum absolute atomic E-state index is 12.6. The van der Waals surface area contributed by atoms with Crippen LogP contribution in [0, 0.1) is 17.3 Å². The molecule has 1 unspecified atom stereocenters. The van der Waals surface area contributed by atoms with Gasteiger partial charge in [-0.25, -0.2) is 0 Å². The van der Waals surface area contributed by atoms with E-state index in [0.29, 0.717) is 17.2 Å². The Balaban J connectivity index is 1.13. The summed E-state index contributed by atoms with van der Waals surface area (Å²) in [6.45, 7) is 4.56. The third-order valence-corrected chi connectivity index (χ3v) is 7.38. The van der Waals surface area contributed by atoms with Crippen LogP contribution in [-0.2, 0) is 11.2 Å². The first-order valence-electron chi connectivity index (χ1n) is 11.3. The Hall–Kier alpha value is -1.35. The molecule has 0 bridgehead atoms. The van der Waals surface area contributed by atoms with Gasteiger partial charge in [-0.3, -0.25) is 4.79 Å². The number of piperidine rings is 1. The lowest BCUT2D eigenvalue weighted by Crippen LogP contribution is -2.40. The number of aryl methyl sites for hydroxylation is 1. The molecule has 4 rings (SSSR count). The minimum Gasteiger partial charge on any atom is -0.356 e. The van der Waals surface area contributed by atoms with E-state index < -0.39 is 0 Å². The summed E-state index contributed by atoms with van der Waals surface area (Å²) in [5.74, 6) is 1.56. The molecule has 148 valence electrons.